The lowest BCUT2D eigenvalue weighted by Crippen LogP contribution is -2.19. The number of hydrogen-bond acceptors (Lipinski definition) is 2. The van der Waals surface area contributed by atoms with Gasteiger partial charge in [-0.1, -0.05) is 19.1 Å². The van der Waals surface area contributed by atoms with Crippen molar-refractivity contribution >= 4 is 5.97 Å². The van der Waals surface area contributed by atoms with E-state index in [2.05, 4.69) is 13.0 Å². The molecule has 3 nitrogen and oxygen atoms in total. The van der Waals surface area contributed by atoms with Gasteiger partial charge in [0.05, 0.1) is 17.4 Å². The zero-order chi connectivity index (χ0) is 10.5. The maximum Gasteiger partial charge on any atom is 0.310 e. The molecule has 2 aliphatic carbocycles. The average molecular weight is 191 g/mol. The number of fused-ring (bicyclic) bond motifs is 1. The average Bonchev–Trinajstić information content (AvgIpc) is 2.75. The van der Waals surface area contributed by atoms with Gasteiger partial charge in [0, 0.05) is 0 Å². The van der Waals surface area contributed by atoms with Gasteiger partial charge in [0.15, 0.2) is 0 Å². The summed E-state index contributed by atoms with van der Waals surface area (Å²) in [5.74, 6) is -0.674. The summed E-state index contributed by atoms with van der Waals surface area (Å²) >= 11 is 0. The molecule has 0 saturated heterocycles. The molecule has 0 bridgehead atoms. The SMILES string of the molecule is CC1C=CC(C(=O)O)C2C1C2(C)C#N. The Hall–Kier alpha value is -1.30. The van der Waals surface area contributed by atoms with Crippen molar-refractivity contribution in [3.63, 3.8) is 0 Å². The summed E-state index contributed by atoms with van der Waals surface area (Å²) in [4.78, 5) is 10.9. The Morgan fingerprint density at radius 1 is 1.50 bits per heavy atom. The number of carbonyl (C=O) groups is 1. The van der Waals surface area contributed by atoms with Crippen LogP contribution >= 0.6 is 0 Å². The first-order valence-corrected chi connectivity index (χ1v) is 4.84. The van der Waals surface area contributed by atoms with E-state index in [0.29, 0.717) is 5.92 Å². The summed E-state index contributed by atoms with van der Waals surface area (Å²) in [5.41, 5.74) is -0.425. The fraction of sp³-hybridized carbons (Fsp3) is 0.636. The number of carboxylic acids is 1. The second-order valence-electron chi connectivity index (χ2n) is 4.55. The van der Waals surface area contributed by atoms with E-state index in [1.165, 1.54) is 0 Å². The highest BCUT2D eigenvalue weighted by molar-refractivity contribution is 5.74. The molecule has 0 heterocycles. The van der Waals surface area contributed by atoms with Gasteiger partial charge in [-0.25, -0.2) is 0 Å². The molecular weight excluding hydrogens is 178 g/mol. The predicted octanol–water partition coefficient (Wildman–Crippen LogP) is 1.67. The van der Waals surface area contributed by atoms with E-state index >= 15 is 0 Å². The van der Waals surface area contributed by atoms with Crippen molar-refractivity contribution in [3.8, 4) is 6.07 Å². The smallest absolute Gasteiger partial charge is 0.310 e. The third kappa shape index (κ3) is 0.942. The van der Waals surface area contributed by atoms with Crippen molar-refractivity contribution in [1.29, 1.82) is 5.26 Å². The zero-order valence-electron chi connectivity index (χ0n) is 8.27. The predicted molar refractivity (Wildman–Crippen MR) is 50.1 cm³/mol. The molecule has 0 aliphatic heterocycles. The third-order valence-electron chi connectivity index (χ3n) is 3.76. The minimum atomic E-state index is -0.804. The number of nitriles is 1. The standard InChI is InChI=1S/C11H13NO2/c1-6-3-4-7(10(13)14)9-8(6)11(9,2)5-12/h3-4,6-9H,1-2H3,(H,13,14). The number of aliphatic carboxylic acids is 1. The Balaban J connectivity index is 2.32. The second-order valence-corrected chi connectivity index (χ2v) is 4.55. The van der Waals surface area contributed by atoms with Crippen LogP contribution in [0, 0.1) is 40.4 Å². The Morgan fingerprint density at radius 3 is 2.64 bits per heavy atom. The van der Waals surface area contributed by atoms with Gasteiger partial charge in [0.2, 0.25) is 0 Å². The molecule has 1 saturated carbocycles. The van der Waals surface area contributed by atoms with Gasteiger partial charge < -0.3 is 5.11 Å². The zero-order valence-corrected chi connectivity index (χ0v) is 8.27. The fourth-order valence-electron chi connectivity index (χ4n) is 2.97. The van der Waals surface area contributed by atoms with E-state index in [4.69, 9.17) is 10.4 Å². The van der Waals surface area contributed by atoms with Crippen LogP contribution in [0.2, 0.25) is 0 Å². The van der Waals surface area contributed by atoms with Crippen LogP contribution in [0.3, 0.4) is 0 Å². The van der Waals surface area contributed by atoms with Crippen LogP contribution in [0.25, 0.3) is 0 Å². The topological polar surface area (TPSA) is 61.1 Å². The van der Waals surface area contributed by atoms with E-state index in [0.717, 1.165) is 0 Å². The molecule has 0 aromatic heterocycles. The van der Waals surface area contributed by atoms with Gasteiger partial charge in [0.1, 0.15) is 0 Å². The van der Waals surface area contributed by atoms with Crippen LogP contribution in [0.5, 0.6) is 0 Å². The quantitative estimate of drug-likeness (QED) is 0.641. The van der Waals surface area contributed by atoms with Crippen LogP contribution in [0.1, 0.15) is 13.8 Å². The number of hydrogen-bond donors (Lipinski definition) is 1. The molecular formula is C11H13NO2. The number of carboxylic acid groups (broad SMARTS) is 1. The first kappa shape index (κ1) is 9.26. The maximum absolute atomic E-state index is 10.9. The van der Waals surface area contributed by atoms with Gasteiger partial charge in [-0.15, -0.1) is 0 Å². The molecule has 0 spiro atoms. The molecule has 5 atom stereocenters. The van der Waals surface area contributed by atoms with Gasteiger partial charge in [-0.2, -0.15) is 5.26 Å². The normalized spacial score (nSPS) is 49.2. The summed E-state index contributed by atoms with van der Waals surface area (Å²) < 4.78 is 0. The van der Waals surface area contributed by atoms with Crippen LogP contribution in [0.15, 0.2) is 12.2 Å². The van der Waals surface area contributed by atoms with Gasteiger partial charge in [0.25, 0.3) is 0 Å². The summed E-state index contributed by atoms with van der Waals surface area (Å²) in [7, 11) is 0. The summed E-state index contributed by atoms with van der Waals surface area (Å²) in [6, 6.07) is 2.27. The van der Waals surface area contributed by atoms with E-state index in [9.17, 15) is 4.79 Å². The van der Waals surface area contributed by atoms with E-state index in [1.54, 1.807) is 6.08 Å². The summed E-state index contributed by atoms with van der Waals surface area (Å²) in [5, 5.41) is 18.0. The molecule has 14 heavy (non-hydrogen) atoms. The van der Waals surface area contributed by atoms with Crippen LogP contribution in [-0.2, 0) is 4.79 Å². The Kier molecular flexibility index (Phi) is 1.72. The lowest BCUT2D eigenvalue weighted by atomic mass is 9.90. The molecule has 2 aliphatic rings. The molecule has 74 valence electrons. The molecule has 1 N–H and O–H groups in total. The van der Waals surface area contributed by atoms with Crippen molar-refractivity contribution in [2.75, 3.05) is 0 Å². The van der Waals surface area contributed by atoms with Crippen LogP contribution in [0.4, 0.5) is 0 Å². The number of rotatable bonds is 1. The van der Waals surface area contributed by atoms with Crippen molar-refractivity contribution in [3.05, 3.63) is 12.2 Å². The number of nitrogens with zero attached hydrogens (tertiary/aromatic N) is 1. The lowest BCUT2D eigenvalue weighted by molar-refractivity contribution is -0.141. The summed E-state index contributed by atoms with van der Waals surface area (Å²) in [6.45, 7) is 3.93. The van der Waals surface area contributed by atoms with Crippen molar-refractivity contribution in [2.24, 2.45) is 29.1 Å². The highest BCUT2D eigenvalue weighted by Crippen LogP contribution is 2.67. The van der Waals surface area contributed by atoms with Crippen LogP contribution < -0.4 is 0 Å². The lowest BCUT2D eigenvalue weighted by Gasteiger charge is -2.14. The molecule has 5 unspecified atom stereocenters. The van der Waals surface area contributed by atoms with Crippen molar-refractivity contribution in [2.45, 2.75) is 13.8 Å². The minimum absolute atomic E-state index is 0.0185. The molecule has 0 amide bonds. The molecule has 0 aromatic carbocycles. The minimum Gasteiger partial charge on any atom is -0.481 e. The molecule has 0 aromatic rings. The monoisotopic (exact) mass is 191 g/mol. The van der Waals surface area contributed by atoms with E-state index in [1.807, 2.05) is 13.0 Å². The highest BCUT2D eigenvalue weighted by Gasteiger charge is 2.68. The van der Waals surface area contributed by atoms with Crippen molar-refractivity contribution in [1.82, 2.24) is 0 Å². The van der Waals surface area contributed by atoms with Gasteiger partial charge in [-0.3, -0.25) is 4.79 Å². The van der Waals surface area contributed by atoms with E-state index in [-0.39, 0.29) is 11.8 Å². The largest absolute Gasteiger partial charge is 0.481 e. The molecule has 2 rings (SSSR count). The molecule has 3 heteroatoms. The van der Waals surface area contributed by atoms with E-state index < -0.39 is 17.3 Å². The molecule has 0 radical (unpaired) electrons. The third-order valence-corrected chi connectivity index (χ3v) is 3.76. The van der Waals surface area contributed by atoms with Crippen LogP contribution in [-0.4, -0.2) is 11.1 Å². The first-order valence-electron chi connectivity index (χ1n) is 4.84. The maximum atomic E-state index is 10.9. The highest BCUT2D eigenvalue weighted by atomic mass is 16.4. The Morgan fingerprint density at radius 2 is 2.14 bits per heavy atom. The first-order chi connectivity index (χ1) is 6.52. The Labute approximate surface area is 83.0 Å². The van der Waals surface area contributed by atoms with Gasteiger partial charge in [-0.05, 0) is 24.7 Å². The fourth-order valence-corrected chi connectivity index (χ4v) is 2.97. The van der Waals surface area contributed by atoms with Gasteiger partial charge >= 0.3 is 5.97 Å². The number of allylic oxidation sites excluding steroid dienone is 1. The summed E-state index contributed by atoms with van der Waals surface area (Å²) in [6.07, 6.45) is 3.68. The molecule has 1 fully saturated rings. The Bertz CT molecular complexity index is 355. The van der Waals surface area contributed by atoms with Crippen molar-refractivity contribution < 1.29 is 9.90 Å². The second kappa shape index (κ2) is 2.60.